The van der Waals surface area contributed by atoms with Crippen LogP contribution < -0.4 is 25.9 Å². The van der Waals surface area contributed by atoms with Crippen LogP contribution in [-0.4, -0.2) is 108 Å². The number of carbonyl (C=O) groups excluding carboxylic acids is 4. The molecular weight excluding hydrogens is 993 g/mol. The van der Waals surface area contributed by atoms with Gasteiger partial charge in [-0.2, -0.15) is 10.2 Å². The number of anilines is 2. The third-order valence-corrected chi connectivity index (χ3v) is 12.5. The Kier molecular flexibility index (Phi) is 16.0. The predicted octanol–water partition coefficient (Wildman–Crippen LogP) is 6.99. The van der Waals surface area contributed by atoms with Crippen LogP contribution in [0.4, 0.5) is 20.4 Å². The highest BCUT2D eigenvalue weighted by Crippen LogP contribution is 2.36. The summed E-state index contributed by atoms with van der Waals surface area (Å²) in [6, 6.07) is 19.3. The molecule has 0 radical (unpaired) electrons. The normalized spacial score (nSPS) is 13.3. The number of hydrogen-bond donors (Lipinski definition) is 2. The number of amides is 4. The van der Waals surface area contributed by atoms with Gasteiger partial charge in [0, 0.05) is 79.7 Å². The summed E-state index contributed by atoms with van der Waals surface area (Å²) >= 11 is 3.39. The van der Waals surface area contributed by atoms with E-state index in [1.807, 2.05) is 41.5 Å². The first-order valence-corrected chi connectivity index (χ1v) is 23.4. The topological polar surface area (TPSA) is 203 Å². The van der Waals surface area contributed by atoms with E-state index in [-0.39, 0.29) is 34.8 Å². The zero-order chi connectivity index (χ0) is 51.9. The summed E-state index contributed by atoms with van der Waals surface area (Å²) in [6.45, 7) is 12.5. The number of fused-ring (bicyclic) bond motifs is 2. The Hall–Kier alpha value is -7.82. The Labute approximate surface area is 422 Å². The number of pyridine rings is 6. The molecular formula is C50H50BBrF2N12O6. The molecule has 9 heterocycles. The van der Waals surface area contributed by atoms with Crippen LogP contribution in [0.3, 0.4) is 0 Å². The van der Waals surface area contributed by atoms with Crippen LogP contribution in [0.2, 0.25) is 0 Å². The first-order chi connectivity index (χ1) is 34.4. The highest BCUT2D eigenvalue weighted by Gasteiger charge is 2.51. The molecule has 1 fully saturated rings. The van der Waals surface area contributed by atoms with Crippen LogP contribution in [0.25, 0.3) is 22.2 Å². The van der Waals surface area contributed by atoms with E-state index < -0.39 is 18.8 Å². The SMILES string of the molecule is CCN(C(=O)c1ccn2ncc(-c3ccc(C(=O)NC)nc3)c2c1)c1ccc(F)cn1.CCN(C(=O)c1ccn2ncc(Br)c2c1)c1ccc(F)cn1.CNC(=O)c1ccc(B2OC(C)(C)C(C)(C)O2)cn1. The molecule has 4 amide bonds. The van der Waals surface area contributed by atoms with E-state index in [1.54, 1.807) is 109 Å². The summed E-state index contributed by atoms with van der Waals surface area (Å²) in [6.07, 6.45) is 12.2. The van der Waals surface area contributed by atoms with Crippen LogP contribution in [0.1, 0.15) is 83.2 Å². The molecule has 0 atom stereocenters. The molecule has 0 saturated carbocycles. The van der Waals surface area contributed by atoms with Crippen molar-refractivity contribution in [3.05, 3.63) is 161 Å². The molecule has 370 valence electrons. The highest BCUT2D eigenvalue weighted by molar-refractivity contribution is 9.10. The van der Waals surface area contributed by atoms with Crippen molar-refractivity contribution in [2.24, 2.45) is 0 Å². The molecule has 0 spiro atoms. The molecule has 22 heteroatoms. The second-order valence-electron chi connectivity index (χ2n) is 17.0. The lowest BCUT2D eigenvalue weighted by Gasteiger charge is -2.32. The molecule has 0 bridgehead atoms. The van der Waals surface area contributed by atoms with Crippen LogP contribution in [0.15, 0.2) is 127 Å². The number of rotatable bonds is 10. The van der Waals surface area contributed by atoms with E-state index in [0.717, 1.165) is 39.0 Å². The minimum absolute atomic E-state index is 0.197. The quantitative estimate of drug-likeness (QED) is 0.133. The maximum Gasteiger partial charge on any atom is 0.496 e. The standard InChI is InChI=1S/C22H19FN6O2.C15H12BrFN4O.C13H19BN2O3/c1-3-28(20-7-5-16(23)12-26-20)22(31)14-8-9-29-19(10-14)17(13-27-29)15-4-6-18(25-11-15)21(30)24-2;1-2-20(14-4-3-11(17)8-18-14)15(22)10-5-6-21-13(7-10)12(16)9-19-21;1-12(2)13(3,4)19-14(18-12)9-6-7-10(16-8-9)11(17)15-5/h4-13H,3H2,1-2H3,(H,24,30);3-9H,2H2,1H3;6-8H,1-5H3,(H,15,17). The summed E-state index contributed by atoms with van der Waals surface area (Å²) in [5, 5.41) is 13.5. The maximum atomic E-state index is 13.2. The van der Waals surface area contributed by atoms with Gasteiger partial charge in [0.25, 0.3) is 23.6 Å². The van der Waals surface area contributed by atoms with Gasteiger partial charge >= 0.3 is 7.12 Å². The van der Waals surface area contributed by atoms with Gasteiger partial charge in [-0.3, -0.25) is 38.9 Å². The van der Waals surface area contributed by atoms with Crippen molar-refractivity contribution in [3.8, 4) is 11.1 Å². The smallest absolute Gasteiger partial charge is 0.399 e. The fourth-order valence-corrected chi connectivity index (χ4v) is 7.60. The van der Waals surface area contributed by atoms with E-state index >= 15 is 0 Å². The summed E-state index contributed by atoms with van der Waals surface area (Å²) in [4.78, 5) is 68.2. The molecule has 0 aromatic carbocycles. The van der Waals surface area contributed by atoms with E-state index in [4.69, 9.17) is 9.31 Å². The second-order valence-corrected chi connectivity index (χ2v) is 17.8. The van der Waals surface area contributed by atoms with E-state index in [9.17, 15) is 28.0 Å². The van der Waals surface area contributed by atoms with Crippen molar-refractivity contribution in [1.29, 1.82) is 0 Å². The summed E-state index contributed by atoms with van der Waals surface area (Å²) in [7, 11) is 2.67. The van der Waals surface area contributed by atoms with Gasteiger partial charge in [0.1, 0.15) is 34.7 Å². The molecule has 8 aromatic rings. The van der Waals surface area contributed by atoms with E-state index in [2.05, 4.69) is 56.7 Å². The van der Waals surface area contributed by atoms with Gasteiger partial charge in [0.2, 0.25) is 0 Å². The first kappa shape index (κ1) is 52.0. The lowest BCUT2D eigenvalue weighted by Crippen LogP contribution is -2.41. The number of nitrogens with one attached hydrogen (secondary N) is 2. The predicted molar refractivity (Wildman–Crippen MR) is 271 cm³/mol. The van der Waals surface area contributed by atoms with Crippen LogP contribution in [0.5, 0.6) is 0 Å². The Morgan fingerprint density at radius 1 is 0.625 bits per heavy atom. The minimum Gasteiger partial charge on any atom is -0.399 e. The van der Waals surface area contributed by atoms with Crippen LogP contribution >= 0.6 is 15.9 Å². The van der Waals surface area contributed by atoms with Crippen LogP contribution in [0, 0.1) is 11.6 Å². The average Bonchev–Trinajstić information content (AvgIpc) is 4.06. The van der Waals surface area contributed by atoms with E-state index in [1.165, 1.54) is 34.1 Å². The van der Waals surface area contributed by atoms with Gasteiger partial charge in [-0.25, -0.2) is 27.8 Å². The van der Waals surface area contributed by atoms with Crippen molar-refractivity contribution in [2.45, 2.75) is 52.7 Å². The van der Waals surface area contributed by atoms with Crippen molar-refractivity contribution in [1.82, 2.24) is 49.8 Å². The number of hydrogen-bond acceptors (Lipinski definition) is 12. The van der Waals surface area contributed by atoms with E-state index in [0.29, 0.717) is 52.8 Å². The molecule has 2 N–H and O–H groups in total. The highest BCUT2D eigenvalue weighted by atomic mass is 79.9. The van der Waals surface area contributed by atoms with Crippen molar-refractivity contribution < 1.29 is 37.3 Å². The second kappa shape index (κ2) is 22.1. The van der Waals surface area contributed by atoms with Crippen molar-refractivity contribution >= 4 is 74.8 Å². The summed E-state index contributed by atoms with van der Waals surface area (Å²) in [5.41, 5.74) is 4.75. The monoisotopic (exact) mass is 1040 g/mol. The Morgan fingerprint density at radius 3 is 1.56 bits per heavy atom. The Bertz CT molecular complexity index is 3210. The number of carbonyl (C=O) groups is 4. The summed E-state index contributed by atoms with van der Waals surface area (Å²) < 4.78 is 42.2. The van der Waals surface area contributed by atoms with Gasteiger partial charge in [-0.1, -0.05) is 12.1 Å². The molecule has 0 aliphatic carbocycles. The lowest BCUT2D eigenvalue weighted by molar-refractivity contribution is 0.00578. The van der Waals surface area contributed by atoms with Crippen molar-refractivity contribution in [3.63, 3.8) is 0 Å². The van der Waals surface area contributed by atoms with Crippen LogP contribution in [-0.2, 0) is 9.31 Å². The maximum absolute atomic E-state index is 13.2. The van der Waals surface area contributed by atoms with Gasteiger partial charge in [0.15, 0.2) is 0 Å². The number of nitrogens with zero attached hydrogens (tertiary/aromatic N) is 10. The molecule has 9 rings (SSSR count). The zero-order valence-electron chi connectivity index (χ0n) is 40.6. The Morgan fingerprint density at radius 2 is 1.11 bits per heavy atom. The lowest BCUT2D eigenvalue weighted by atomic mass is 9.80. The minimum atomic E-state index is -0.464. The molecule has 0 unspecified atom stereocenters. The van der Waals surface area contributed by atoms with Gasteiger partial charge in [0.05, 0.1) is 51.5 Å². The van der Waals surface area contributed by atoms with Gasteiger partial charge in [-0.15, -0.1) is 0 Å². The molecule has 1 aliphatic heterocycles. The molecule has 72 heavy (non-hydrogen) atoms. The number of halogens is 3. The third-order valence-electron chi connectivity index (χ3n) is 11.9. The molecule has 18 nitrogen and oxygen atoms in total. The van der Waals surface area contributed by atoms with Gasteiger partial charge in [-0.05, 0) is 118 Å². The fourth-order valence-electron chi connectivity index (χ4n) is 7.21. The zero-order valence-corrected chi connectivity index (χ0v) is 42.2. The third kappa shape index (κ3) is 11.4. The molecule has 8 aromatic heterocycles. The summed E-state index contributed by atoms with van der Waals surface area (Å²) in [5.74, 6) is -1.04. The largest absolute Gasteiger partial charge is 0.496 e. The van der Waals surface area contributed by atoms with Gasteiger partial charge < -0.3 is 19.9 Å². The van der Waals surface area contributed by atoms with Crippen molar-refractivity contribution in [2.75, 3.05) is 37.0 Å². The Balaban J connectivity index is 0.000000164. The fraction of sp³-hybridized carbons (Fsp3) is 0.240. The molecule has 1 aliphatic rings. The first-order valence-electron chi connectivity index (χ1n) is 22.6. The average molecular weight is 1040 g/mol. The number of aromatic nitrogens is 8. The molecule has 1 saturated heterocycles.